The molecule has 2 aromatic carbocycles. The van der Waals surface area contributed by atoms with Crippen molar-refractivity contribution in [3.8, 4) is 0 Å². The van der Waals surface area contributed by atoms with Gasteiger partial charge >= 0.3 is 0 Å². The lowest BCUT2D eigenvalue weighted by Gasteiger charge is -2.37. The van der Waals surface area contributed by atoms with Crippen molar-refractivity contribution < 1.29 is 4.21 Å². The van der Waals surface area contributed by atoms with Gasteiger partial charge in [0.25, 0.3) is 0 Å². The predicted molar refractivity (Wildman–Crippen MR) is 111 cm³/mol. The van der Waals surface area contributed by atoms with E-state index >= 15 is 0 Å². The molecule has 1 saturated heterocycles. The van der Waals surface area contributed by atoms with Gasteiger partial charge < -0.3 is 9.80 Å². The highest BCUT2D eigenvalue weighted by atomic mass is 32.2. The lowest BCUT2D eigenvalue weighted by Crippen LogP contribution is -2.38. The molecule has 0 amide bonds. The van der Waals surface area contributed by atoms with Crippen molar-refractivity contribution in [2.24, 2.45) is 0 Å². The number of hydrogen-bond acceptors (Lipinski definition) is 4. The summed E-state index contributed by atoms with van der Waals surface area (Å²) < 4.78 is 12.0. The molecule has 2 aromatic rings. The van der Waals surface area contributed by atoms with E-state index in [0.29, 0.717) is 6.04 Å². The normalized spacial score (nSPS) is 21.2. The van der Waals surface area contributed by atoms with Crippen molar-refractivity contribution >= 4 is 33.9 Å². The molecule has 2 atom stereocenters. The van der Waals surface area contributed by atoms with Gasteiger partial charge in [0.2, 0.25) is 0 Å². The van der Waals surface area contributed by atoms with Crippen molar-refractivity contribution in [2.45, 2.75) is 46.4 Å². The summed E-state index contributed by atoms with van der Waals surface area (Å²) in [5.41, 5.74) is 2.49. The number of piperidine rings is 1. The van der Waals surface area contributed by atoms with E-state index in [0.717, 1.165) is 17.9 Å². The Labute approximate surface area is 163 Å². The fraction of sp³-hybridized carbons (Fsp3) is 0.429. The van der Waals surface area contributed by atoms with E-state index in [1.54, 1.807) is 6.26 Å². The molecule has 0 unspecified atom stereocenters. The summed E-state index contributed by atoms with van der Waals surface area (Å²) in [5, 5.41) is 0. The fourth-order valence-electron chi connectivity index (χ4n) is 4.02. The lowest BCUT2D eigenvalue weighted by atomic mass is 9.99. The molecule has 138 valence electrons. The Morgan fingerprint density at radius 1 is 1.12 bits per heavy atom. The minimum absolute atomic E-state index is 0.664. The van der Waals surface area contributed by atoms with Crippen LogP contribution >= 0.6 is 11.8 Å². The van der Waals surface area contributed by atoms with E-state index in [-0.39, 0.29) is 0 Å². The number of rotatable bonds is 4. The summed E-state index contributed by atoms with van der Waals surface area (Å²) in [4.78, 5) is 8.44. The molecule has 4 rings (SSSR count). The number of likely N-dealkylation sites (tertiary alicyclic amines) is 1. The zero-order valence-electron chi connectivity index (χ0n) is 15.5. The number of anilines is 2. The largest absolute Gasteiger partial charge is 0.340 e. The predicted octanol–water partition coefficient (Wildman–Crippen LogP) is 4.90. The summed E-state index contributed by atoms with van der Waals surface area (Å²) in [6, 6.07) is 15.6. The lowest BCUT2D eigenvalue weighted by molar-refractivity contribution is 0.178. The Morgan fingerprint density at radius 3 is 2.73 bits per heavy atom. The third-order valence-electron chi connectivity index (χ3n) is 5.54. The standard InChI is InChI=1S/C21H26N2OS2/c1-22-13-6-5-7-16(22)12-14-23-18-8-3-4-9-20(18)25-21-11-10-17(26(2)24)15-19(21)23/h3-4,8-11,15-16H,5-7,12-14H2,1-2H3/t16-,26-/m0/s1. The van der Waals surface area contributed by atoms with Crippen LogP contribution in [0.4, 0.5) is 11.4 Å². The molecule has 2 aliphatic rings. The summed E-state index contributed by atoms with van der Waals surface area (Å²) in [5.74, 6) is 0. The maximum atomic E-state index is 12.0. The Hall–Kier alpha value is -1.30. The van der Waals surface area contributed by atoms with Gasteiger partial charge in [0.05, 0.1) is 11.4 Å². The molecule has 0 aliphatic carbocycles. The number of hydrogen-bond donors (Lipinski definition) is 0. The van der Waals surface area contributed by atoms with E-state index < -0.39 is 10.8 Å². The highest BCUT2D eigenvalue weighted by Gasteiger charge is 2.26. The minimum Gasteiger partial charge on any atom is -0.340 e. The highest BCUT2D eigenvalue weighted by molar-refractivity contribution is 7.99. The Bertz CT molecular complexity index is 823. The fourth-order valence-corrected chi connectivity index (χ4v) is 5.63. The number of para-hydroxylation sites is 1. The van der Waals surface area contributed by atoms with E-state index in [2.05, 4.69) is 53.2 Å². The van der Waals surface area contributed by atoms with Crippen molar-refractivity contribution in [1.82, 2.24) is 4.90 Å². The molecule has 5 heteroatoms. The molecular weight excluding hydrogens is 360 g/mol. The van der Waals surface area contributed by atoms with Gasteiger partial charge in [-0.15, -0.1) is 0 Å². The van der Waals surface area contributed by atoms with Crippen LogP contribution in [-0.2, 0) is 10.8 Å². The van der Waals surface area contributed by atoms with Gasteiger partial charge in [-0.05, 0) is 63.2 Å². The molecule has 0 radical (unpaired) electrons. The SMILES string of the molecule is CN1CCCC[C@H]1CCN1c2ccccc2Sc2ccc([S@](C)=O)cc21. The van der Waals surface area contributed by atoms with E-state index in [1.165, 1.54) is 47.0 Å². The number of benzene rings is 2. The molecule has 2 aliphatic heterocycles. The quantitative estimate of drug-likeness (QED) is 0.745. The zero-order chi connectivity index (χ0) is 18.1. The second kappa shape index (κ2) is 7.75. The van der Waals surface area contributed by atoms with Gasteiger partial charge in [0.1, 0.15) is 0 Å². The van der Waals surface area contributed by atoms with Crippen LogP contribution < -0.4 is 4.90 Å². The van der Waals surface area contributed by atoms with Gasteiger partial charge in [-0.2, -0.15) is 0 Å². The van der Waals surface area contributed by atoms with E-state index in [1.807, 2.05) is 17.8 Å². The van der Waals surface area contributed by atoms with Crippen molar-refractivity contribution in [2.75, 3.05) is 31.3 Å². The third kappa shape index (κ3) is 3.57. The first-order chi connectivity index (χ1) is 12.6. The van der Waals surface area contributed by atoms with Gasteiger partial charge in [-0.3, -0.25) is 4.21 Å². The van der Waals surface area contributed by atoms with E-state index in [9.17, 15) is 4.21 Å². The number of nitrogens with zero attached hydrogens (tertiary/aromatic N) is 2. The second-order valence-electron chi connectivity index (χ2n) is 7.22. The van der Waals surface area contributed by atoms with Crippen LogP contribution in [0.5, 0.6) is 0 Å². The number of fused-ring (bicyclic) bond motifs is 2. The summed E-state index contributed by atoms with van der Waals surface area (Å²) in [7, 11) is 1.30. The van der Waals surface area contributed by atoms with Crippen molar-refractivity contribution in [3.63, 3.8) is 0 Å². The van der Waals surface area contributed by atoms with Crippen LogP contribution in [0.25, 0.3) is 0 Å². The molecule has 0 N–H and O–H groups in total. The third-order valence-corrected chi connectivity index (χ3v) is 7.58. The molecule has 3 nitrogen and oxygen atoms in total. The van der Waals surface area contributed by atoms with Crippen LogP contribution in [0.1, 0.15) is 25.7 Å². The van der Waals surface area contributed by atoms with Crippen molar-refractivity contribution in [1.29, 1.82) is 0 Å². The first-order valence-electron chi connectivity index (χ1n) is 9.35. The van der Waals surface area contributed by atoms with Crippen molar-refractivity contribution in [3.05, 3.63) is 42.5 Å². The zero-order valence-corrected chi connectivity index (χ0v) is 17.1. The molecule has 0 spiro atoms. The van der Waals surface area contributed by atoms with Crippen LogP contribution in [-0.4, -0.2) is 41.5 Å². The summed E-state index contributed by atoms with van der Waals surface area (Å²) >= 11 is 1.82. The maximum Gasteiger partial charge on any atom is 0.0565 e. The van der Waals surface area contributed by atoms with Gasteiger partial charge in [0.15, 0.2) is 0 Å². The second-order valence-corrected chi connectivity index (χ2v) is 9.69. The first kappa shape index (κ1) is 18.1. The van der Waals surface area contributed by atoms with Gasteiger partial charge in [-0.25, -0.2) is 0 Å². The molecule has 0 saturated carbocycles. The Kier molecular flexibility index (Phi) is 5.39. The Balaban J connectivity index is 1.65. The van der Waals surface area contributed by atoms with Gasteiger partial charge in [0, 0.05) is 44.3 Å². The monoisotopic (exact) mass is 386 g/mol. The average Bonchev–Trinajstić information content (AvgIpc) is 2.66. The van der Waals surface area contributed by atoms with Crippen LogP contribution in [0.2, 0.25) is 0 Å². The van der Waals surface area contributed by atoms with Gasteiger partial charge in [-0.1, -0.05) is 30.3 Å². The van der Waals surface area contributed by atoms with E-state index in [4.69, 9.17) is 0 Å². The topological polar surface area (TPSA) is 23.6 Å². The molecular formula is C21H26N2OS2. The highest BCUT2D eigenvalue weighted by Crippen LogP contribution is 2.48. The molecule has 0 bridgehead atoms. The molecule has 1 fully saturated rings. The minimum atomic E-state index is -0.958. The smallest absolute Gasteiger partial charge is 0.0565 e. The van der Waals surface area contributed by atoms with Crippen LogP contribution in [0.3, 0.4) is 0 Å². The summed E-state index contributed by atoms with van der Waals surface area (Å²) in [6.45, 7) is 2.21. The maximum absolute atomic E-state index is 12.0. The molecule has 0 aromatic heterocycles. The molecule has 26 heavy (non-hydrogen) atoms. The average molecular weight is 387 g/mol. The Morgan fingerprint density at radius 2 is 1.92 bits per heavy atom. The molecule has 2 heterocycles. The van der Waals surface area contributed by atoms with Crippen LogP contribution in [0.15, 0.2) is 57.2 Å². The summed E-state index contributed by atoms with van der Waals surface area (Å²) in [6.07, 6.45) is 6.88. The van der Waals surface area contributed by atoms with Crippen LogP contribution in [0, 0.1) is 0 Å². The first-order valence-corrected chi connectivity index (χ1v) is 11.7.